The predicted molar refractivity (Wildman–Crippen MR) is 122 cm³/mol. The summed E-state index contributed by atoms with van der Waals surface area (Å²) in [7, 11) is 0. The van der Waals surface area contributed by atoms with Gasteiger partial charge < -0.3 is 4.74 Å². The molecule has 0 radical (unpaired) electrons. The van der Waals surface area contributed by atoms with Crippen LogP contribution in [0.1, 0.15) is 33.9 Å². The van der Waals surface area contributed by atoms with Gasteiger partial charge in [0, 0.05) is 27.0 Å². The molecule has 30 heavy (non-hydrogen) atoms. The molecule has 0 unspecified atom stereocenters. The van der Waals surface area contributed by atoms with Gasteiger partial charge in [-0.1, -0.05) is 81.6 Å². The van der Waals surface area contributed by atoms with Gasteiger partial charge in [-0.25, -0.2) is 5.01 Å². The molecule has 0 fully saturated rings. The van der Waals surface area contributed by atoms with Crippen LogP contribution in [0, 0.1) is 0 Å². The second-order valence-corrected chi connectivity index (χ2v) is 8.92. The van der Waals surface area contributed by atoms with Crippen molar-refractivity contribution < 1.29 is 9.53 Å². The van der Waals surface area contributed by atoms with Gasteiger partial charge in [0.25, 0.3) is 6.23 Å². The van der Waals surface area contributed by atoms with E-state index in [0.717, 1.165) is 21.3 Å². The molecule has 4 nitrogen and oxygen atoms in total. The summed E-state index contributed by atoms with van der Waals surface area (Å²) in [5, 5.41) is 7.44. The Kier molecular flexibility index (Phi) is 5.05. The highest BCUT2D eigenvalue weighted by molar-refractivity contribution is 9.10. The second-order valence-electron chi connectivity index (χ2n) is 7.16. The lowest BCUT2D eigenvalue weighted by Gasteiger charge is -2.37. The largest absolute Gasteiger partial charge is 0.459 e. The smallest absolute Gasteiger partial charge is 0.251 e. The van der Waals surface area contributed by atoms with E-state index in [4.69, 9.17) is 33.0 Å². The maximum absolute atomic E-state index is 13.4. The Morgan fingerprint density at radius 2 is 1.80 bits per heavy atom. The van der Waals surface area contributed by atoms with Gasteiger partial charge in [-0.2, -0.15) is 5.10 Å². The quantitative estimate of drug-likeness (QED) is 0.384. The van der Waals surface area contributed by atoms with Crippen molar-refractivity contribution in [2.45, 2.75) is 18.7 Å². The number of hydrogen-bond donors (Lipinski definition) is 0. The first kappa shape index (κ1) is 19.6. The zero-order valence-corrected chi connectivity index (χ0v) is 18.7. The van der Waals surface area contributed by atoms with Crippen LogP contribution in [-0.4, -0.2) is 22.7 Å². The molecule has 0 saturated heterocycles. The van der Waals surface area contributed by atoms with Gasteiger partial charge >= 0.3 is 0 Å². The van der Waals surface area contributed by atoms with Crippen molar-refractivity contribution in [3.8, 4) is 5.75 Å². The summed E-state index contributed by atoms with van der Waals surface area (Å²) in [6.45, 7) is 0. The molecule has 5 rings (SSSR count). The molecule has 2 aliphatic heterocycles. The van der Waals surface area contributed by atoms with Crippen LogP contribution in [0.25, 0.3) is 0 Å². The number of Topliss-reactive ketones (excluding diaryl/α,β-unsaturated/α-hetero) is 1. The van der Waals surface area contributed by atoms with E-state index in [1.807, 2.05) is 48.5 Å². The van der Waals surface area contributed by atoms with Crippen molar-refractivity contribution in [1.29, 1.82) is 0 Å². The summed E-state index contributed by atoms with van der Waals surface area (Å²) >= 11 is 16.1. The average Bonchev–Trinajstić information content (AvgIpc) is 3.20. The van der Waals surface area contributed by atoms with E-state index in [1.54, 1.807) is 23.2 Å². The lowest BCUT2D eigenvalue weighted by atomic mass is 9.95. The van der Waals surface area contributed by atoms with Crippen LogP contribution in [0.4, 0.5) is 0 Å². The van der Waals surface area contributed by atoms with Crippen LogP contribution >= 0.6 is 39.1 Å². The number of hydrazone groups is 1. The highest BCUT2D eigenvalue weighted by atomic mass is 79.9. The molecule has 7 heteroatoms. The summed E-state index contributed by atoms with van der Waals surface area (Å²) in [5.74, 6) is 0.310. The normalized spacial score (nSPS) is 19.6. The third-order valence-corrected chi connectivity index (χ3v) is 6.30. The number of benzene rings is 3. The Morgan fingerprint density at radius 3 is 2.53 bits per heavy atom. The van der Waals surface area contributed by atoms with Crippen LogP contribution in [0.2, 0.25) is 10.0 Å². The van der Waals surface area contributed by atoms with Gasteiger partial charge in [0.2, 0.25) is 5.78 Å². The number of nitrogens with zero attached hydrogens (tertiary/aromatic N) is 2. The van der Waals surface area contributed by atoms with E-state index >= 15 is 0 Å². The Bertz CT molecular complexity index is 1170. The van der Waals surface area contributed by atoms with Gasteiger partial charge in [0.1, 0.15) is 5.75 Å². The average molecular weight is 502 g/mol. The number of carbonyl (C=O) groups is 1. The third-order valence-electron chi connectivity index (χ3n) is 5.27. The van der Waals surface area contributed by atoms with E-state index in [2.05, 4.69) is 15.9 Å². The fraction of sp³-hybridized carbons (Fsp3) is 0.130. The molecule has 0 bridgehead atoms. The Morgan fingerprint density at radius 1 is 1.07 bits per heavy atom. The summed E-state index contributed by atoms with van der Waals surface area (Å²) in [5.41, 5.74) is 3.28. The lowest BCUT2D eigenvalue weighted by molar-refractivity contribution is -0.00448. The van der Waals surface area contributed by atoms with Gasteiger partial charge in [-0.15, -0.1) is 0 Å². The maximum Gasteiger partial charge on any atom is 0.251 e. The van der Waals surface area contributed by atoms with E-state index in [9.17, 15) is 4.79 Å². The Labute approximate surface area is 192 Å². The topological polar surface area (TPSA) is 41.9 Å². The number of carbonyl (C=O) groups excluding carboxylic acids is 1. The van der Waals surface area contributed by atoms with Crippen molar-refractivity contribution in [3.63, 3.8) is 0 Å². The Balaban J connectivity index is 1.60. The molecule has 0 amide bonds. The van der Waals surface area contributed by atoms with Crippen molar-refractivity contribution >= 4 is 50.6 Å². The zero-order chi connectivity index (χ0) is 20.8. The molecular formula is C23H15BrCl2N2O2. The molecule has 0 aliphatic carbocycles. The number of halogens is 3. The fourth-order valence-electron chi connectivity index (χ4n) is 3.85. The minimum absolute atomic E-state index is 0.178. The predicted octanol–water partition coefficient (Wildman–Crippen LogP) is 6.51. The molecule has 0 aromatic heterocycles. The number of fused-ring (bicyclic) bond motifs is 3. The minimum Gasteiger partial charge on any atom is -0.459 e. The monoisotopic (exact) mass is 500 g/mol. The first-order chi connectivity index (χ1) is 14.5. The van der Waals surface area contributed by atoms with Crippen LogP contribution in [-0.2, 0) is 0 Å². The molecule has 0 saturated carbocycles. The van der Waals surface area contributed by atoms with E-state index in [1.165, 1.54) is 0 Å². The first-order valence-electron chi connectivity index (χ1n) is 9.38. The van der Waals surface area contributed by atoms with Crippen LogP contribution < -0.4 is 4.74 Å². The number of ether oxygens (including phenoxy) is 1. The highest BCUT2D eigenvalue weighted by Crippen LogP contribution is 2.47. The molecule has 2 aliphatic rings. The summed E-state index contributed by atoms with van der Waals surface area (Å²) < 4.78 is 7.03. The SMILES string of the molecule is O=C(c1ccc(Br)cc1)[C@@H]1Oc2c(Cl)cc(Cl)cc2[C@H]2CC(c3ccccc3)=NN21. The maximum atomic E-state index is 13.4. The summed E-state index contributed by atoms with van der Waals surface area (Å²) in [4.78, 5) is 13.4. The molecule has 0 spiro atoms. The molecule has 0 N–H and O–H groups in total. The van der Waals surface area contributed by atoms with E-state index < -0.39 is 6.23 Å². The van der Waals surface area contributed by atoms with Crippen LogP contribution in [0.3, 0.4) is 0 Å². The number of hydrogen-bond acceptors (Lipinski definition) is 4. The second kappa shape index (κ2) is 7.73. The summed E-state index contributed by atoms with van der Waals surface area (Å²) in [6, 6.07) is 20.4. The van der Waals surface area contributed by atoms with Crippen molar-refractivity contribution in [1.82, 2.24) is 5.01 Å². The van der Waals surface area contributed by atoms with Crippen LogP contribution in [0.5, 0.6) is 5.75 Å². The third kappa shape index (κ3) is 3.41. The standard InChI is InChI=1S/C23H15BrCl2N2O2/c24-15-8-6-14(7-9-15)21(29)23-28-20(12-19(27-28)13-4-2-1-3-5-13)17-10-16(25)11-18(26)22(17)30-23/h1-11,20,23H,12H2/t20-,23+/m1/s1. The molecule has 3 aromatic carbocycles. The first-order valence-corrected chi connectivity index (χ1v) is 10.9. The van der Waals surface area contributed by atoms with E-state index in [-0.39, 0.29) is 11.8 Å². The number of ketones is 1. The molecule has 150 valence electrons. The summed E-state index contributed by atoms with van der Waals surface area (Å²) in [6.07, 6.45) is -0.287. The van der Waals surface area contributed by atoms with Gasteiger partial charge in [0.05, 0.1) is 16.8 Å². The van der Waals surface area contributed by atoms with Crippen molar-refractivity contribution in [2.24, 2.45) is 5.10 Å². The van der Waals surface area contributed by atoms with Crippen molar-refractivity contribution in [3.05, 3.63) is 97.9 Å². The minimum atomic E-state index is -0.913. The number of rotatable bonds is 3. The van der Waals surface area contributed by atoms with Crippen LogP contribution in [0.15, 0.2) is 76.3 Å². The van der Waals surface area contributed by atoms with Gasteiger partial charge in [-0.3, -0.25) is 4.79 Å². The van der Waals surface area contributed by atoms with Crippen molar-refractivity contribution in [2.75, 3.05) is 0 Å². The fourth-order valence-corrected chi connectivity index (χ4v) is 4.67. The lowest BCUT2D eigenvalue weighted by Crippen LogP contribution is -2.46. The van der Waals surface area contributed by atoms with Gasteiger partial charge in [0.15, 0.2) is 0 Å². The molecule has 3 aromatic rings. The van der Waals surface area contributed by atoms with E-state index in [0.29, 0.717) is 27.8 Å². The molecule has 2 heterocycles. The van der Waals surface area contributed by atoms with Gasteiger partial charge in [-0.05, 0) is 29.8 Å². The Hall–Kier alpha value is -2.34. The molecular weight excluding hydrogens is 487 g/mol. The zero-order valence-electron chi connectivity index (χ0n) is 15.6. The highest BCUT2D eigenvalue weighted by Gasteiger charge is 2.44. The molecule has 2 atom stereocenters.